The standard InChI is InChI=1S/C17H29NO2/c1-14(2)17(8-11-20-16(3,4)13-17)7-9-18-12-15-6-5-10-19-15/h5-6,10,14,18H,7-9,11-13H2,1-4H3/p+1/t17-/m0/s1. The zero-order valence-corrected chi connectivity index (χ0v) is 13.4. The van der Waals surface area contributed by atoms with E-state index in [1.54, 1.807) is 6.26 Å². The number of rotatable bonds is 6. The van der Waals surface area contributed by atoms with Crippen LogP contribution in [-0.2, 0) is 11.3 Å². The van der Waals surface area contributed by atoms with Gasteiger partial charge in [0.25, 0.3) is 0 Å². The molecule has 1 aromatic rings. The molecule has 1 fully saturated rings. The fraction of sp³-hybridized carbons (Fsp3) is 0.765. The third kappa shape index (κ3) is 3.86. The van der Waals surface area contributed by atoms with Gasteiger partial charge in [-0.3, -0.25) is 0 Å². The lowest BCUT2D eigenvalue weighted by Crippen LogP contribution is -2.83. The van der Waals surface area contributed by atoms with Crippen LogP contribution in [0.15, 0.2) is 22.8 Å². The number of hydrogen-bond donors (Lipinski definition) is 1. The van der Waals surface area contributed by atoms with E-state index in [0.29, 0.717) is 11.3 Å². The Kier molecular flexibility index (Phi) is 4.92. The van der Waals surface area contributed by atoms with Gasteiger partial charge in [-0.25, -0.2) is 0 Å². The smallest absolute Gasteiger partial charge is 0.157 e. The van der Waals surface area contributed by atoms with E-state index >= 15 is 0 Å². The molecular formula is C17H30NO2+. The highest BCUT2D eigenvalue weighted by Gasteiger charge is 2.42. The quantitative estimate of drug-likeness (QED) is 0.814. The first kappa shape index (κ1) is 15.6. The van der Waals surface area contributed by atoms with Gasteiger partial charge in [-0.1, -0.05) is 13.8 Å². The van der Waals surface area contributed by atoms with Crippen molar-refractivity contribution in [3.8, 4) is 0 Å². The van der Waals surface area contributed by atoms with Gasteiger partial charge in [-0.2, -0.15) is 0 Å². The molecule has 114 valence electrons. The summed E-state index contributed by atoms with van der Waals surface area (Å²) in [6.07, 6.45) is 5.38. The van der Waals surface area contributed by atoms with Crippen molar-refractivity contribution in [2.24, 2.45) is 11.3 Å². The van der Waals surface area contributed by atoms with Gasteiger partial charge in [0.05, 0.1) is 18.4 Å². The highest BCUT2D eigenvalue weighted by Crippen LogP contribution is 2.46. The van der Waals surface area contributed by atoms with Crippen molar-refractivity contribution in [2.75, 3.05) is 13.2 Å². The van der Waals surface area contributed by atoms with Gasteiger partial charge >= 0.3 is 0 Å². The summed E-state index contributed by atoms with van der Waals surface area (Å²) < 4.78 is 11.3. The molecule has 0 spiro atoms. The van der Waals surface area contributed by atoms with Crippen LogP contribution in [0, 0.1) is 11.3 Å². The summed E-state index contributed by atoms with van der Waals surface area (Å²) in [6.45, 7) is 12.2. The number of quaternary nitrogens is 1. The minimum Gasteiger partial charge on any atom is -0.463 e. The third-order valence-electron chi connectivity index (χ3n) is 4.87. The van der Waals surface area contributed by atoms with E-state index in [1.165, 1.54) is 19.3 Å². The fourth-order valence-corrected chi connectivity index (χ4v) is 3.58. The molecule has 0 unspecified atom stereocenters. The summed E-state index contributed by atoms with van der Waals surface area (Å²) in [5.74, 6) is 1.78. The first-order chi connectivity index (χ1) is 9.44. The van der Waals surface area contributed by atoms with Crippen molar-refractivity contribution < 1.29 is 14.5 Å². The van der Waals surface area contributed by atoms with Crippen LogP contribution in [0.5, 0.6) is 0 Å². The Morgan fingerprint density at radius 3 is 2.75 bits per heavy atom. The molecule has 2 N–H and O–H groups in total. The molecule has 0 aliphatic carbocycles. The summed E-state index contributed by atoms with van der Waals surface area (Å²) in [4.78, 5) is 0. The van der Waals surface area contributed by atoms with Crippen molar-refractivity contribution in [2.45, 2.75) is 59.1 Å². The molecular weight excluding hydrogens is 250 g/mol. The molecule has 1 aromatic heterocycles. The van der Waals surface area contributed by atoms with Gasteiger partial charge in [0.2, 0.25) is 0 Å². The Hall–Kier alpha value is -0.800. The minimum absolute atomic E-state index is 0.0313. The molecule has 2 heterocycles. The Morgan fingerprint density at radius 2 is 2.15 bits per heavy atom. The Bertz CT molecular complexity index is 397. The maximum Gasteiger partial charge on any atom is 0.157 e. The summed E-state index contributed by atoms with van der Waals surface area (Å²) in [5.41, 5.74) is 0.463. The Balaban J connectivity index is 1.86. The van der Waals surface area contributed by atoms with Crippen molar-refractivity contribution >= 4 is 0 Å². The van der Waals surface area contributed by atoms with Crippen molar-refractivity contribution in [1.82, 2.24) is 0 Å². The molecule has 1 aliphatic rings. The maximum atomic E-state index is 5.91. The van der Waals surface area contributed by atoms with E-state index in [2.05, 4.69) is 33.0 Å². The molecule has 0 amide bonds. The normalized spacial score (nSPS) is 26.1. The summed E-state index contributed by atoms with van der Waals surface area (Å²) in [5, 5.41) is 2.37. The van der Waals surface area contributed by atoms with E-state index in [4.69, 9.17) is 9.15 Å². The molecule has 1 atom stereocenters. The summed E-state index contributed by atoms with van der Waals surface area (Å²) in [7, 11) is 0. The van der Waals surface area contributed by atoms with Gasteiger partial charge in [-0.05, 0) is 50.2 Å². The molecule has 0 radical (unpaired) electrons. The second-order valence-corrected chi connectivity index (χ2v) is 7.16. The average molecular weight is 280 g/mol. The minimum atomic E-state index is 0.0313. The van der Waals surface area contributed by atoms with Crippen LogP contribution in [0.3, 0.4) is 0 Å². The van der Waals surface area contributed by atoms with Crippen LogP contribution >= 0.6 is 0 Å². The maximum absolute atomic E-state index is 5.91. The monoisotopic (exact) mass is 280 g/mol. The lowest BCUT2D eigenvalue weighted by atomic mass is 9.65. The van der Waals surface area contributed by atoms with Crippen LogP contribution in [0.25, 0.3) is 0 Å². The van der Waals surface area contributed by atoms with Gasteiger partial charge in [0.15, 0.2) is 5.76 Å². The highest BCUT2D eigenvalue weighted by molar-refractivity contribution is 4.95. The zero-order chi connectivity index (χ0) is 14.6. The van der Waals surface area contributed by atoms with Crippen LogP contribution in [0.4, 0.5) is 0 Å². The van der Waals surface area contributed by atoms with Gasteiger partial charge in [-0.15, -0.1) is 0 Å². The SMILES string of the molecule is CC(C)[C@@]1(CC[NH2+]Cc2ccco2)CCOC(C)(C)C1. The van der Waals surface area contributed by atoms with Crippen molar-refractivity contribution in [3.05, 3.63) is 24.2 Å². The second kappa shape index (κ2) is 6.31. The van der Waals surface area contributed by atoms with Crippen LogP contribution in [-0.4, -0.2) is 18.8 Å². The molecule has 3 nitrogen and oxygen atoms in total. The average Bonchev–Trinajstić information content (AvgIpc) is 2.86. The van der Waals surface area contributed by atoms with E-state index < -0.39 is 0 Å². The van der Waals surface area contributed by atoms with Crippen LogP contribution in [0.1, 0.15) is 52.7 Å². The van der Waals surface area contributed by atoms with Crippen LogP contribution in [0.2, 0.25) is 0 Å². The first-order valence-electron chi connectivity index (χ1n) is 7.92. The Morgan fingerprint density at radius 1 is 1.35 bits per heavy atom. The van der Waals surface area contributed by atoms with Crippen molar-refractivity contribution in [3.63, 3.8) is 0 Å². The lowest BCUT2D eigenvalue weighted by Gasteiger charge is -2.47. The first-order valence-corrected chi connectivity index (χ1v) is 7.92. The number of nitrogens with two attached hydrogens (primary N) is 1. The van der Waals surface area contributed by atoms with E-state index in [9.17, 15) is 0 Å². The zero-order valence-electron chi connectivity index (χ0n) is 13.4. The van der Waals surface area contributed by atoms with E-state index in [1.807, 2.05) is 12.1 Å². The molecule has 0 aromatic carbocycles. The van der Waals surface area contributed by atoms with Gasteiger partial charge in [0, 0.05) is 13.0 Å². The summed E-state index contributed by atoms with van der Waals surface area (Å²) >= 11 is 0. The second-order valence-electron chi connectivity index (χ2n) is 7.16. The lowest BCUT2D eigenvalue weighted by molar-refractivity contribution is -0.674. The number of furan rings is 1. The topological polar surface area (TPSA) is 39.0 Å². The fourth-order valence-electron chi connectivity index (χ4n) is 3.58. The van der Waals surface area contributed by atoms with E-state index in [0.717, 1.165) is 25.5 Å². The molecule has 1 saturated heterocycles. The number of ether oxygens (including phenoxy) is 1. The predicted molar refractivity (Wildman–Crippen MR) is 80.4 cm³/mol. The predicted octanol–water partition coefficient (Wildman–Crippen LogP) is 2.96. The largest absolute Gasteiger partial charge is 0.463 e. The highest BCUT2D eigenvalue weighted by atomic mass is 16.5. The molecule has 1 aliphatic heterocycles. The Labute approximate surface area is 123 Å². The van der Waals surface area contributed by atoms with E-state index in [-0.39, 0.29) is 5.60 Å². The molecule has 2 rings (SSSR count). The van der Waals surface area contributed by atoms with Gasteiger partial charge < -0.3 is 14.5 Å². The molecule has 0 saturated carbocycles. The molecule has 3 heteroatoms. The van der Waals surface area contributed by atoms with Crippen molar-refractivity contribution in [1.29, 1.82) is 0 Å². The van der Waals surface area contributed by atoms with Gasteiger partial charge in [0.1, 0.15) is 6.54 Å². The van der Waals surface area contributed by atoms with Crippen LogP contribution < -0.4 is 5.32 Å². The summed E-state index contributed by atoms with van der Waals surface area (Å²) in [6, 6.07) is 4.01. The molecule has 0 bridgehead atoms. The number of hydrogen-bond acceptors (Lipinski definition) is 2. The third-order valence-corrected chi connectivity index (χ3v) is 4.87. The molecule has 20 heavy (non-hydrogen) atoms.